The van der Waals surface area contributed by atoms with E-state index in [1.54, 1.807) is 0 Å². The molecule has 0 amide bonds. The molecular weight excluding hydrogens is 456 g/mol. The molecule has 0 spiro atoms. The van der Waals surface area contributed by atoms with E-state index in [0.717, 1.165) is 18.2 Å². The highest BCUT2D eigenvalue weighted by Gasteiger charge is 2.58. The Hall–Kier alpha value is -3.26. The van der Waals surface area contributed by atoms with Crippen LogP contribution >= 0.6 is 0 Å². The summed E-state index contributed by atoms with van der Waals surface area (Å²) in [6.07, 6.45) is -9.17. The Morgan fingerprint density at radius 1 is 1.00 bits per heavy atom. The van der Waals surface area contributed by atoms with Crippen LogP contribution < -0.4 is 0 Å². The number of ether oxygens (including phenoxy) is 1. The van der Waals surface area contributed by atoms with Crippen molar-refractivity contribution >= 4 is 11.8 Å². The average molecular weight is 478 g/mol. The zero-order valence-electron chi connectivity index (χ0n) is 17.6. The van der Waals surface area contributed by atoms with Crippen molar-refractivity contribution < 1.29 is 60.3 Å². The number of fused-ring (bicyclic) bond motifs is 2. The molecule has 1 aliphatic carbocycles. The SMILES string of the molecule is Cc1cc2c(c(O)c1C(=O)O)C(=O)c1c(O)cc(O)cc1[C@]2(O)[C@H]1O[C@H](CO)[C@@H](O)[C@H](O)[C@H]1O. The van der Waals surface area contributed by atoms with Crippen molar-refractivity contribution in [3.8, 4) is 17.2 Å². The molecule has 9 N–H and O–H groups in total. The van der Waals surface area contributed by atoms with Gasteiger partial charge in [0.2, 0.25) is 5.78 Å². The van der Waals surface area contributed by atoms with Crippen LogP contribution in [0.4, 0.5) is 0 Å². The molecular formula is C22H22O12. The van der Waals surface area contributed by atoms with Gasteiger partial charge in [0.05, 0.1) is 17.7 Å². The number of carboxylic acids is 1. The van der Waals surface area contributed by atoms with Crippen LogP contribution in [0.2, 0.25) is 0 Å². The summed E-state index contributed by atoms with van der Waals surface area (Å²) in [5.74, 6) is -5.11. The van der Waals surface area contributed by atoms with Crippen LogP contribution in [0.1, 0.15) is 43.0 Å². The highest BCUT2D eigenvalue weighted by molar-refractivity contribution is 6.17. The third-order valence-electron chi connectivity index (χ3n) is 6.39. The Kier molecular flexibility index (Phi) is 5.55. The molecule has 2 aromatic rings. The highest BCUT2D eigenvalue weighted by atomic mass is 16.6. The molecule has 12 heteroatoms. The van der Waals surface area contributed by atoms with Gasteiger partial charge < -0.3 is 50.7 Å². The standard InChI is InChI=1S/C22H22O12/c1-6-2-8-14(16(27)12(6)21(31)32)17(28)13-9(3-7(24)4-10(13)25)22(8,33)20-19(30)18(29)15(26)11(5-23)34-20/h2-4,11,15,18-20,23-27,29-30,33H,5H2,1H3,(H,31,32)/t11-,15-,18+,19-,20+,22+/m1/s1. The molecule has 2 aliphatic rings. The number of phenolic OH excluding ortho intramolecular Hbond substituents is 2. The molecule has 0 unspecified atom stereocenters. The van der Waals surface area contributed by atoms with Crippen LogP contribution in [0.15, 0.2) is 18.2 Å². The highest BCUT2D eigenvalue weighted by Crippen LogP contribution is 2.51. The third kappa shape index (κ3) is 3.08. The number of benzene rings is 2. The van der Waals surface area contributed by atoms with Crippen LogP contribution in [0.25, 0.3) is 0 Å². The summed E-state index contributed by atoms with van der Waals surface area (Å²) in [4.78, 5) is 25.0. The summed E-state index contributed by atoms with van der Waals surface area (Å²) in [5, 5.41) is 93.5. The first kappa shape index (κ1) is 23.9. The Labute approximate surface area is 191 Å². The minimum Gasteiger partial charge on any atom is -0.508 e. The molecule has 4 rings (SSSR count). The molecule has 12 nitrogen and oxygen atoms in total. The molecule has 1 aliphatic heterocycles. The van der Waals surface area contributed by atoms with Crippen molar-refractivity contribution in [3.63, 3.8) is 0 Å². The van der Waals surface area contributed by atoms with Crippen molar-refractivity contribution in [3.05, 3.63) is 51.6 Å². The summed E-state index contributed by atoms with van der Waals surface area (Å²) in [5.41, 5.74) is -5.69. The predicted molar refractivity (Wildman–Crippen MR) is 110 cm³/mol. The lowest BCUT2D eigenvalue weighted by Crippen LogP contribution is -2.65. The normalized spacial score (nSPS) is 30.5. The quantitative estimate of drug-likeness (QED) is 0.244. The number of aromatic hydroxyl groups is 3. The number of ketones is 1. The van der Waals surface area contributed by atoms with Crippen LogP contribution in [0, 0.1) is 6.92 Å². The van der Waals surface area contributed by atoms with Crippen LogP contribution in [-0.2, 0) is 10.3 Å². The van der Waals surface area contributed by atoms with Gasteiger partial charge in [-0.3, -0.25) is 4.79 Å². The first-order valence-electron chi connectivity index (χ1n) is 10.1. The fourth-order valence-corrected chi connectivity index (χ4v) is 4.78. The van der Waals surface area contributed by atoms with Gasteiger partial charge in [0.25, 0.3) is 0 Å². The van der Waals surface area contributed by atoms with E-state index >= 15 is 0 Å². The van der Waals surface area contributed by atoms with Crippen LogP contribution in [0.3, 0.4) is 0 Å². The summed E-state index contributed by atoms with van der Waals surface area (Å²) in [7, 11) is 0. The Bertz CT molecular complexity index is 1210. The van der Waals surface area contributed by atoms with Gasteiger partial charge in [-0.15, -0.1) is 0 Å². The number of aromatic carboxylic acids is 1. The minimum absolute atomic E-state index is 0.0904. The molecule has 182 valence electrons. The van der Waals surface area contributed by atoms with Gasteiger partial charge in [0.1, 0.15) is 58.9 Å². The number of aliphatic hydroxyl groups excluding tert-OH is 4. The molecule has 0 aromatic heterocycles. The van der Waals surface area contributed by atoms with Gasteiger partial charge in [0.15, 0.2) is 0 Å². The van der Waals surface area contributed by atoms with Crippen LogP contribution in [0.5, 0.6) is 17.2 Å². The smallest absolute Gasteiger partial charge is 0.339 e. The lowest BCUT2D eigenvalue weighted by atomic mass is 9.67. The molecule has 1 fully saturated rings. The van der Waals surface area contributed by atoms with E-state index in [2.05, 4.69) is 0 Å². The monoisotopic (exact) mass is 478 g/mol. The number of aryl methyl sites for hydroxylation is 1. The number of phenols is 3. The number of rotatable bonds is 3. The van der Waals surface area contributed by atoms with Gasteiger partial charge in [-0.25, -0.2) is 4.79 Å². The second kappa shape index (κ2) is 7.91. The lowest BCUT2D eigenvalue weighted by molar-refractivity contribution is -0.265. The minimum atomic E-state index is -2.69. The molecule has 6 atom stereocenters. The van der Waals surface area contributed by atoms with Crippen molar-refractivity contribution in [1.29, 1.82) is 0 Å². The topological polar surface area (TPSA) is 225 Å². The van der Waals surface area contributed by atoms with Crippen molar-refractivity contribution in [2.24, 2.45) is 0 Å². The van der Waals surface area contributed by atoms with Crippen molar-refractivity contribution in [2.75, 3.05) is 6.61 Å². The van der Waals surface area contributed by atoms with E-state index in [4.69, 9.17) is 4.74 Å². The van der Waals surface area contributed by atoms with E-state index in [1.807, 2.05) is 0 Å². The zero-order valence-corrected chi connectivity index (χ0v) is 17.6. The number of aliphatic hydroxyl groups is 5. The molecule has 0 saturated carbocycles. The number of hydrogen-bond acceptors (Lipinski definition) is 11. The third-order valence-corrected chi connectivity index (χ3v) is 6.39. The fraction of sp³-hybridized carbons (Fsp3) is 0.364. The van der Waals surface area contributed by atoms with E-state index in [1.165, 1.54) is 6.92 Å². The van der Waals surface area contributed by atoms with E-state index < -0.39 is 99.5 Å². The van der Waals surface area contributed by atoms with E-state index in [9.17, 15) is 55.5 Å². The summed E-state index contributed by atoms with van der Waals surface area (Å²) >= 11 is 0. The van der Waals surface area contributed by atoms with Crippen molar-refractivity contribution in [1.82, 2.24) is 0 Å². The Morgan fingerprint density at radius 2 is 1.62 bits per heavy atom. The first-order valence-corrected chi connectivity index (χ1v) is 10.1. The van der Waals surface area contributed by atoms with Gasteiger partial charge in [-0.2, -0.15) is 0 Å². The zero-order chi connectivity index (χ0) is 25.3. The molecule has 0 bridgehead atoms. The van der Waals surface area contributed by atoms with Gasteiger partial charge >= 0.3 is 5.97 Å². The maximum absolute atomic E-state index is 13.3. The predicted octanol–water partition coefficient (Wildman–Crippen LogP) is -1.57. The van der Waals surface area contributed by atoms with Gasteiger partial charge in [-0.05, 0) is 18.6 Å². The van der Waals surface area contributed by atoms with E-state index in [-0.39, 0.29) is 5.56 Å². The second-order valence-electron chi connectivity index (χ2n) is 8.38. The fourth-order valence-electron chi connectivity index (χ4n) is 4.78. The molecule has 1 heterocycles. The lowest BCUT2D eigenvalue weighted by Gasteiger charge is -2.49. The largest absolute Gasteiger partial charge is 0.508 e. The first-order chi connectivity index (χ1) is 15.9. The number of carbonyl (C=O) groups excluding carboxylic acids is 1. The van der Waals surface area contributed by atoms with E-state index in [0.29, 0.717) is 0 Å². The average Bonchev–Trinajstić information content (AvgIpc) is 2.75. The Balaban J connectivity index is 2.11. The van der Waals surface area contributed by atoms with Crippen LogP contribution in [-0.4, -0.2) is 94.8 Å². The molecule has 1 saturated heterocycles. The number of hydrogen-bond donors (Lipinski definition) is 9. The van der Waals surface area contributed by atoms with Gasteiger partial charge in [0, 0.05) is 17.2 Å². The summed E-state index contributed by atoms with van der Waals surface area (Å²) < 4.78 is 5.53. The van der Waals surface area contributed by atoms with Gasteiger partial charge in [-0.1, -0.05) is 6.07 Å². The second-order valence-corrected chi connectivity index (χ2v) is 8.38. The summed E-state index contributed by atoms with van der Waals surface area (Å²) in [6, 6.07) is 2.73. The molecule has 0 radical (unpaired) electrons. The molecule has 2 aromatic carbocycles. The van der Waals surface area contributed by atoms with Crippen molar-refractivity contribution in [2.45, 2.75) is 43.0 Å². The number of carboxylic acid groups (broad SMARTS) is 1. The maximum Gasteiger partial charge on any atom is 0.339 e. The Morgan fingerprint density at radius 3 is 2.21 bits per heavy atom. The molecule has 34 heavy (non-hydrogen) atoms. The number of carbonyl (C=O) groups is 2. The maximum atomic E-state index is 13.3. The summed E-state index contributed by atoms with van der Waals surface area (Å²) in [6.45, 7) is 0.431.